The number of nitrogens with one attached hydrogen (secondary N) is 1. The minimum absolute atomic E-state index is 0.0351. The molecule has 2 aliphatic rings. The lowest BCUT2D eigenvalue weighted by Gasteiger charge is -2.29. The van der Waals surface area contributed by atoms with Gasteiger partial charge < -0.3 is 13.9 Å². The van der Waals surface area contributed by atoms with Gasteiger partial charge in [0.2, 0.25) is 11.8 Å². The Labute approximate surface area is 189 Å². The maximum Gasteiger partial charge on any atom is 0.344 e. The Balaban J connectivity index is 1.61. The van der Waals surface area contributed by atoms with Crippen LogP contribution in [-0.4, -0.2) is 43.7 Å². The summed E-state index contributed by atoms with van der Waals surface area (Å²) < 4.78 is 16.9. The van der Waals surface area contributed by atoms with E-state index in [1.807, 2.05) is 41.3 Å². The zero-order valence-electron chi connectivity index (χ0n) is 17.7. The van der Waals surface area contributed by atoms with E-state index < -0.39 is 11.5 Å². The van der Waals surface area contributed by atoms with Crippen LogP contribution in [0.5, 0.6) is 5.75 Å². The van der Waals surface area contributed by atoms with Crippen molar-refractivity contribution < 1.29 is 18.7 Å². The molecule has 5 rings (SSSR count). The summed E-state index contributed by atoms with van der Waals surface area (Å²) in [6, 6.07) is 18.4. The first-order valence-corrected chi connectivity index (χ1v) is 10.7. The smallest absolute Gasteiger partial charge is 0.344 e. The van der Waals surface area contributed by atoms with Crippen LogP contribution in [0.1, 0.15) is 17.0 Å². The molecule has 166 valence electrons. The molecule has 0 saturated carbocycles. The molecule has 1 N–H and O–H groups in total. The summed E-state index contributed by atoms with van der Waals surface area (Å²) >= 11 is 0. The Morgan fingerprint density at radius 2 is 1.82 bits per heavy atom. The van der Waals surface area contributed by atoms with Crippen LogP contribution < -0.4 is 15.7 Å². The molecule has 0 spiro atoms. The SMILES string of the molecule is N#CC1=C(NC(=O)CN2CCOCC2)Oc2c(c(=O)oc3ccccc23)C1c1ccccc1. The largest absolute Gasteiger partial charge is 0.438 e. The quantitative estimate of drug-likeness (QED) is 0.618. The van der Waals surface area contributed by atoms with Crippen molar-refractivity contribution in [3.05, 3.63) is 87.6 Å². The maximum absolute atomic E-state index is 13.0. The van der Waals surface area contributed by atoms with Gasteiger partial charge in [-0.05, 0) is 17.7 Å². The number of hydrogen-bond donors (Lipinski definition) is 1. The van der Waals surface area contributed by atoms with Gasteiger partial charge in [0, 0.05) is 13.1 Å². The second-order valence-electron chi connectivity index (χ2n) is 7.87. The molecule has 0 bridgehead atoms. The number of morpholine rings is 1. The lowest BCUT2D eigenvalue weighted by atomic mass is 9.84. The van der Waals surface area contributed by atoms with Gasteiger partial charge in [0.05, 0.1) is 36.6 Å². The summed E-state index contributed by atoms with van der Waals surface area (Å²) in [7, 11) is 0. The standard InChI is InChI=1S/C25H21N3O5/c26-14-18-21(16-6-2-1-3-7-16)22-23(17-8-4-5-9-19(17)32-25(22)30)33-24(18)27-20(29)15-28-10-12-31-13-11-28/h1-9,21H,10-13,15H2,(H,27,29). The Hall–Kier alpha value is -3.93. The number of hydrogen-bond acceptors (Lipinski definition) is 7. The first-order valence-electron chi connectivity index (χ1n) is 10.7. The zero-order valence-corrected chi connectivity index (χ0v) is 17.7. The van der Waals surface area contributed by atoms with Crippen molar-refractivity contribution >= 4 is 16.9 Å². The Kier molecular flexibility index (Phi) is 5.65. The second-order valence-corrected chi connectivity index (χ2v) is 7.87. The van der Waals surface area contributed by atoms with Crippen LogP contribution in [0, 0.1) is 11.3 Å². The number of fused-ring (bicyclic) bond motifs is 3. The van der Waals surface area contributed by atoms with Crippen molar-refractivity contribution in [3.8, 4) is 11.8 Å². The average Bonchev–Trinajstić information content (AvgIpc) is 2.84. The van der Waals surface area contributed by atoms with Gasteiger partial charge in [0.15, 0.2) is 5.75 Å². The summed E-state index contributed by atoms with van der Waals surface area (Å²) in [6.45, 7) is 2.59. The summed E-state index contributed by atoms with van der Waals surface area (Å²) in [6.07, 6.45) is 0. The fourth-order valence-corrected chi connectivity index (χ4v) is 4.24. The van der Waals surface area contributed by atoms with Gasteiger partial charge >= 0.3 is 5.63 Å². The summed E-state index contributed by atoms with van der Waals surface area (Å²) in [4.78, 5) is 27.8. The molecular weight excluding hydrogens is 422 g/mol. The lowest BCUT2D eigenvalue weighted by Crippen LogP contribution is -2.44. The van der Waals surface area contributed by atoms with Crippen LogP contribution in [0.15, 0.2) is 75.3 Å². The monoisotopic (exact) mass is 443 g/mol. The lowest BCUT2D eigenvalue weighted by molar-refractivity contribution is -0.123. The highest BCUT2D eigenvalue weighted by molar-refractivity contribution is 5.86. The molecule has 0 radical (unpaired) electrons. The zero-order chi connectivity index (χ0) is 22.8. The molecule has 0 aliphatic carbocycles. The van der Waals surface area contributed by atoms with E-state index in [-0.39, 0.29) is 35.2 Å². The molecule has 2 aliphatic heterocycles. The summed E-state index contributed by atoms with van der Waals surface area (Å²) in [5.74, 6) is -0.717. The Morgan fingerprint density at radius 3 is 2.58 bits per heavy atom. The number of amides is 1. The number of ether oxygens (including phenoxy) is 2. The summed E-state index contributed by atoms with van der Waals surface area (Å²) in [5, 5.41) is 13.4. The predicted molar refractivity (Wildman–Crippen MR) is 119 cm³/mol. The van der Waals surface area contributed by atoms with Gasteiger partial charge in [-0.1, -0.05) is 42.5 Å². The van der Waals surface area contributed by atoms with Crippen LogP contribution in [0.4, 0.5) is 0 Å². The van der Waals surface area contributed by atoms with Gasteiger partial charge in [-0.15, -0.1) is 0 Å². The van der Waals surface area contributed by atoms with Gasteiger partial charge in [-0.25, -0.2) is 4.79 Å². The molecule has 3 aromatic rings. The number of carbonyl (C=O) groups is 1. The van der Waals surface area contributed by atoms with Crippen molar-refractivity contribution in [2.75, 3.05) is 32.8 Å². The van der Waals surface area contributed by atoms with Gasteiger partial charge in [0.1, 0.15) is 17.2 Å². The molecule has 1 aromatic heterocycles. The van der Waals surface area contributed by atoms with E-state index in [1.165, 1.54) is 0 Å². The highest BCUT2D eigenvalue weighted by Crippen LogP contribution is 2.43. The van der Waals surface area contributed by atoms with E-state index in [9.17, 15) is 14.9 Å². The van der Waals surface area contributed by atoms with Crippen LogP contribution in [0.2, 0.25) is 0 Å². The molecular formula is C25H21N3O5. The normalized spacial score (nSPS) is 18.3. The van der Waals surface area contributed by atoms with Crippen molar-refractivity contribution in [1.82, 2.24) is 10.2 Å². The highest BCUT2D eigenvalue weighted by Gasteiger charge is 2.36. The number of para-hydroxylation sites is 1. The van der Waals surface area contributed by atoms with E-state index in [2.05, 4.69) is 11.4 Å². The summed E-state index contributed by atoms with van der Waals surface area (Å²) in [5.41, 5.74) is 0.895. The number of nitrogens with zero attached hydrogens (tertiary/aromatic N) is 2. The van der Waals surface area contributed by atoms with Crippen molar-refractivity contribution in [1.29, 1.82) is 5.26 Å². The third-order valence-corrected chi connectivity index (χ3v) is 5.80. The Morgan fingerprint density at radius 1 is 1.09 bits per heavy atom. The molecule has 1 atom stereocenters. The van der Waals surface area contributed by atoms with Crippen LogP contribution in [-0.2, 0) is 9.53 Å². The molecule has 33 heavy (non-hydrogen) atoms. The number of rotatable bonds is 4. The second kappa shape index (κ2) is 8.90. The third-order valence-electron chi connectivity index (χ3n) is 5.80. The van der Waals surface area contributed by atoms with Gasteiger partial charge in [-0.2, -0.15) is 5.26 Å². The molecule has 1 amide bonds. The highest BCUT2D eigenvalue weighted by atomic mass is 16.5. The molecule has 1 fully saturated rings. The van der Waals surface area contributed by atoms with Crippen LogP contribution in [0.3, 0.4) is 0 Å². The van der Waals surface area contributed by atoms with Crippen molar-refractivity contribution in [3.63, 3.8) is 0 Å². The molecule has 3 heterocycles. The van der Waals surface area contributed by atoms with E-state index >= 15 is 0 Å². The van der Waals surface area contributed by atoms with E-state index in [1.54, 1.807) is 18.2 Å². The molecule has 2 aromatic carbocycles. The number of nitriles is 1. The van der Waals surface area contributed by atoms with Crippen molar-refractivity contribution in [2.24, 2.45) is 0 Å². The first-order chi connectivity index (χ1) is 16.2. The minimum Gasteiger partial charge on any atom is -0.438 e. The molecule has 1 saturated heterocycles. The topological polar surface area (TPSA) is 105 Å². The fraction of sp³-hybridized carbons (Fsp3) is 0.240. The predicted octanol–water partition coefficient (Wildman–Crippen LogP) is 2.50. The number of allylic oxidation sites excluding steroid dienone is 1. The molecule has 1 unspecified atom stereocenters. The van der Waals surface area contributed by atoms with Crippen LogP contribution >= 0.6 is 0 Å². The number of benzene rings is 2. The minimum atomic E-state index is -0.737. The Bertz CT molecular complexity index is 1330. The van der Waals surface area contributed by atoms with Crippen LogP contribution in [0.25, 0.3) is 11.0 Å². The average molecular weight is 443 g/mol. The molecule has 8 heteroatoms. The van der Waals surface area contributed by atoms with E-state index in [0.29, 0.717) is 37.3 Å². The van der Waals surface area contributed by atoms with Gasteiger partial charge in [0.25, 0.3) is 0 Å². The number of carbonyl (C=O) groups excluding carboxylic acids is 1. The third kappa shape index (κ3) is 4.00. The van der Waals surface area contributed by atoms with E-state index in [4.69, 9.17) is 13.9 Å². The molecule has 8 nitrogen and oxygen atoms in total. The van der Waals surface area contributed by atoms with Gasteiger partial charge in [-0.3, -0.25) is 15.0 Å². The van der Waals surface area contributed by atoms with E-state index in [0.717, 1.165) is 5.56 Å². The fourth-order valence-electron chi connectivity index (χ4n) is 4.24. The maximum atomic E-state index is 13.0. The first kappa shape index (κ1) is 20.9. The van der Waals surface area contributed by atoms with Crippen molar-refractivity contribution in [2.45, 2.75) is 5.92 Å².